The Morgan fingerprint density at radius 2 is 1.26 bits per heavy atom. The van der Waals surface area contributed by atoms with Crippen LogP contribution in [0.25, 0.3) is 0 Å². The second-order valence-corrected chi connectivity index (χ2v) is 12.2. The van der Waals surface area contributed by atoms with Gasteiger partial charge in [0.2, 0.25) is 0 Å². The van der Waals surface area contributed by atoms with Crippen molar-refractivity contribution in [2.45, 2.75) is 111 Å². The van der Waals surface area contributed by atoms with Crippen LogP contribution in [0.1, 0.15) is 80.6 Å². The van der Waals surface area contributed by atoms with Crippen LogP contribution in [-0.2, 0) is 18.0 Å². The summed E-state index contributed by atoms with van der Waals surface area (Å²) in [6.07, 6.45) is -1.48. The topological polar surface area (TPSA) is 127 Å². The van der Waals surface area contributed by atoms with Gasteiger partial charge in [-0.15, -0.1) is 0 Å². The fourth-order valence-electron chi connectivity index (χ4n) is 3.86. The summed E-state index contributed by atoms with van der Waals surface area (Å²) >= 11 is 0. The average molecular weight is 510 g/mol. The van der Waals surface area contributed by atoms with Gasteiger partial charge >= 0.3 is 14.9 Å². The maximum absolute atomic E-state index is 12.3. The molecule has 0 rings (SSSR count). The molecule has 0 saturated carbocycles. The molecular formula is C24H51NO8Si. The lowest BCUT2D eigenvalue weighted by Crippen LogP contribution is -2.46. The van der Waals surface area contributed by atoms with Gasteiger partial charge in [-0.1, -0.05) is 27.7 Å². The van der Waals surface area contributed by atoms with Crippen molar-refractivity contribution in [2.75, 3.05) is 26.4 Å². The Morgan fingerprint density at radius 3 is 1.71 bits per heavy atom. The quantitative estimate of drug-likeness (QED) is 0.145. The van der Waals surface area contributed by atoms with Gasteiger partial charge in [-0.25, -0.2) is 4.79 Å². The van der Waals surface area contributed by atoms with Crippen molar-refractivity contribution >= 4 is 14.9 Å². The second kappa shape index (κ2) is 18.5. The third kappa shape index (κ3) is 15.3. The predicted molar refractivity (Wildman–Crippen MR) is 134 cm³/mol. The van der Waals surface area contributed by atoms with Gasteiger partial charge in [-0.3, -0.25) is 0 Å². The maximum atomic E-state index is 12.3. The molecule has 0 fully saturated rings. The molecule has 0 aliphatic carbocycles. The molecule has 1 amide bonds. The number of alkyl carbamates (subject to hydrolysis) is 1. The number of hydrogen-bond acceptors (Lipinski definition) is 8. The normalized spacial score (nSPS) is 15.9. The van der Waals surface area contributed by atoms with Crippen molar-refractivity contribution in [2.24, 2.45) is 11.8 Å². The van der Waals surface area contributed by atoms with E-state index >= 15 is 0 Å². The first-order valence-electron chi connectivity index (χ1n) is 12.9. The highest BCUT2D eigenvalue weighted by molar-refractivity contribution is 6.60. The Labute approximate surface area is 207 Å². The molecule has 0 heterocycles. The van der Waals surface area contributed by atoms with E-state index in [0.717, 1.165) is 0 Å². The minimum absolute atomic E-state index is 0.00186. The zero-order valence-electron chi connectivity index (χ0n) is 22.4. The molecule has 0 aromatic heterocycles. The lowest BCUT2D eigenvalue weighted by Gasteiger charge is -2.28. The molecule has 0 bridgehead atoms. The fourth-order valence-corrected chi connectivity index (χ4v) is 6.47. The highest BCUT2D eigenvalue weighted by Gasteiger charge is 2.39. The van der Waals surface area contributed by atoms with Crippen LogP contribution in [0.5, 0.6) is 0 Å². The van der Waals surface area contributed by atoms with E-state index in [1.165, 1.54) is 0 Å². The monoisotopic (exact) mass is 509 g/mol. The van der Waals surface area contributed by atoms with E-state index in [4.69, 9.17) is 18.0 Å². The van der Waals surface area contributed by atoms with Crippen LogP contribution in [-0.4, -0.2) is 81.0 Å². The van der Waals surface area contributed by atoms with Crippen molar-refractivity contribution in [1.82, 2.24) is 5.32 Å². The molecule has 9 nitrogen and oxygen atoms in total. The predicted octanol–water partition coefficient (Wildman–Crippen LogP) is 3.47. The molecule has 4 N–H and O–H groups in total. The molecule has 0 aromatic rings. The van der Waals surface area contributed by atoms with Crippen LogP contribution in [0.4, 0.5) is 4.79 Å². The Bertz CT molecular complexity index is 506. The molecular weight excluding hydrogens is 458 g/mol. The fraction of sp³-hybridized carbons (Fsp3) is 0.958. The third-order valence-corrected chi connectivity index (χ3v) is 8.51. The molecule has 0 aliphatic heterocycles. The molecule has 4 atom stereocenters. The van der Waals surface area contributed by atoms with Gasteiger partial charge in [-0.2, -0.15) is 0 Å². The van der Waals surface area contributed by atoms with Gasteiger partial charge in [0.15, 0.2) is 0 Å². The van der Waals surface area contributed by atoms with Crippen LogP contribution >= 0.6 is 0 Å². The van der Waals surface area contributed by atoms with Crippen LogP contribution in [0.3, 0.4) is 0 Å². The maximum Gasteiger partial charge on any atom is 0.500 e. The molecule has 4 unspecified atom stereocenters. The first-order chi connectivity index (χ1) is 16.0. The summed E-state index contributed by atoms with van der Waals surface area (Å²) < 4.78 is 23.0. The summed E-state index contributed by atoms with van der Waals surface area (Å²) in [5, 5.41) is 33.4. The Balaban J connectivity index is 4.55. The van der Waals surface area contributed by atoms with Gasteiger partial charge in [-0.05, 0) is 58.3 Å². The van der Waals surface area contributed by atoms with E-state index in [1.807, 2.05) is 48.5 Å². The van der Waals surface area contributed by atoms with Crippen LogP contribution in [0, 0.1) is 11.8 Å². The van der Waals surface area contributed by atoms with Gasteiger partial charge in [0, 0.05) is 38.8 Å². The van der Waals surface area contributed by atoms with E-state index in [1.54, 1.807) is 0 Å². The number of amides is 1. The summed E-state index contributed by atoms with van der Waals surface area (Å²) in [5.41, 5.74) is 0. The van der Waals surface area contributed by atoms with E-state index < -0.39 is 39.3 Å². The lowest BCUT2D eigenvalue weighted by molar-refractivity contribution is -0.0000981. The third-order valence-electron chi connectivity index (χ3n) is 5.36. The number of aliphatic hydroxyl groups excluding tert-OH is 3. The zero-order valence-corrected chi connectivity index (χ0v) is 23.4. The number of carbonyl (C=O) groups excluding carboxylic acids is 1. The average Bonchev–Trinajstić information content (AvgIpc) is 2.70. The van der Waals surface area contributed by atoms with Crippen LogP contribution < -0.4 is 5.32 Å². The van der Waals surface area contributed by atoms with Crippen LogP contribution in [0.15, 0.2) is 0 Å². The van der Waals surface area contributed by atoms with Crippen molar-refractivity contribution in [1.29, 1.82) is 0 Å². The molecule has 0 spiro atoms. The first kappa shape index (κ1) is 33.2. The summed E-state index contributed by atoms with van der Waals surface area (Å²) in [5.74, 6) is 0.332. The van der Waals surface area contributed by atoms with Gasteiger partial charge in [0.1, 0.15) is 6.10 Å². The number of hydrogen-bond donors (Lipinski definition) is 4. The number of aliphatic hydroxyl groups is 3. The first-order valence-corrected chi connectivity index (χ1v) is 14.8. The second-order valence-electron chi connectivity index (χ2n) is 9.50. The highest BCUT2D eigenvalue weighted by Crippen LogP contribution is 2.20. The van der Waals surface area contributed by atoms with Gasteiger partial charge in [0.25, 0.3) is 0 Å². The van der Waals surface area contributed by atoms with Crippen LogP contribution in [0.2, 0.25) is 6.04 Å². The standard InChI is InChI=1S/C24H51NO8Si/c1-8-30-34(31-9-2,32-10-3)13-11-12-25-24(29)33-23(19(6)7)17-22(28)16-21(27)15-20(26)14-18(4)5/h18-23,26-28H,8-17H2,1-7H3,(H,25,29). The van der Waals surface area contributed by atoms with Crippen molar-refractivity contribution in [3.05, 3.63) is 0 Å². The molecule has 34 heavy (non-hydrogen) atoms. The summed E-state index contributed by atoms with van der Waals surface area (Å²) in [6, 6.07) is 0.593. The van der Waals surface area contributed by atoms with Gasteiger partial charge in [0.05, 0.1) is 18.3 Å². The highest BCUT2D eigenvalue weighted by atomic mass is 28.4. The van der Waals surface area contributed by atoms with Crippen molar-refractivity contribution in [3.63, 3.8) is 0 Å². The Morgan fingerprint density at radius 1 is 0.794 bits per heavy atom. The molecule has 204 valence electrons. The van der Waals surface area contributed by atoms with E-state index in [9.17, 15) is 20.1 Å². The molecule has 10 heteroatoms. The van der Waals surface area contributed by atoms with Crippen molar-refractivity contribution in [3.8, 4) is 0 Å². The Kier molecular flexibility index (Phi) is 18.1. The SMILES string of the molecule is CCO[Si](CCCNC(=O)OC(CC(O)CC(O)CC(O)CC(C)C)C(C)C)(OCC)OCC. The lowest BCUT2D eigenvalue weighted by atomic mass is 9.95. The minimum atomic E-state index is -2.74. The summed E-state index contributed by atoms with van der Waals surface area (Å²) in [4.78, 5) is 12.3. The number of carbonyl (C=O) groups is 1. The van der Waals surface area contributed by atoms with E-state index in [0.29, 0.717) is 51.2 Å². The van der Waals surface area contributed by atoms with Gasteiger partial charge < -0.3 is 38.7 Å². The smallest absolute Gasteiger partial charge is 0.446 e. The van der Waals surface area contributed by atoms with E-state index in [2.05, 4.69) is 5.32 Å². The zero-order chi connectivity index (χ0) is 26.1. The summed E-state index contributed by atoms with van der Waals surface area (Å²) in [6.45, 7) is 15.5. The number of ether oxygens (including phenoxy) is 1. The molecule has 0 radical (unpaired) electrons. The summed E-state index contributed by atoms with van der Waals surface area (Å²) in [7, 11) is -2.74. The van der Waals surface area contributed by atoms with Crippen molar-refractivity contribution < 1.29 is 38.1 Å². The largest absolute Gasteiger partial charge is 0.500 e. The van der Waals surface area contributed by atoms with E-state index in [-0.39, 0.29) is 25.2 Å². The number of nitrogens with one attached hydrogen (secondary N) is 1. The molecule has 0 saturated heterocycles. The molecule has 0 aromatic carbocycles. The molecule has 0 aliphatic rings. The Hall–Kier alpha value is -0.753. The number of rotatable bonds is 20. The minimum Gasteiger partial charge on any atom is -0.446 e.